The molecule has 1 aromatic carbocycles. The van der Waals surface area contributed by atoms with E-state index >= 15 is 0 Å². The number of anilines is 1. The van der Waals surface area contributed by atoms with Crippen molar-refractivity contribution in [2.75, 3.05) is 32.5 Å². The highest BCUT2D eigenvalue weighted by Crippen LogP contribution is 2.22. The molecule has 1 N–H and O–H groups in total. The Morgan fingerprint density at radius 1 is 1.14 bits per heavy atom. The summed E-state index contributed by atoms with van der Waals surface area (Å²) < 4.78 is 0. The lowest BCUT2D eigenvalue weighted by molar-refractivity contribution is -0.121. The minimum atomic E-state index is -0.0864. The molecule has 1 fully saturated rings. The zero-order valence-corrected chi connectivity index (χ0v) is 17.2. The van der Waals surface area contributed by atoms with Gasteiger partial charge in [0.15, 0.2) is 0 Å². The number of likely N-dealkylation sites (tertiary alicyclic amines) is 1. The van der Waals surface area contributed by atoms with Gasteiger partial charge in [0.05, 0.1) is 0 Å². The summed E-state index contributed by atoms with van der Waals surface area (Å²) in [5, 5.41) is 12.7. The van der Waals surface area contributed by atoms with Crippen molar-refractivity contribution in [2.24, 2.45) is 5.92 Å². The van der Waals surface area contributed by atoms with Crippen LogP contribution in [0.4, 0.5) is 9.93 Å². The van der Waals surface area contributed by atoms with Crippen molar-refractivity contribution in [2.45, 2.75) is 32.1 Å². The molecule has 0 saturated carbocycles. The molecule has 3 amide bonds. The number of nitrogens with one attached hydrogen (secondary N) is 1. The molecule has 8 heteroatoms. The van der Waals surface area contributed by atoms with Crippen LogP contribution in [0.5, 0.6) is 0 Å². The van der Waals surface area contributed by atoms with E-state index in [0.717, 1.165) is 24.3 Å². The smallest absolute Gasteiger partial charge is 0.319 e. The van der Waals surface area contributed by atoms with Crippen molar-refractivity contribution in [3.05, 3.63) is 40.9 Å². The number of carbonyl (C=O) groups is 2. The van der Waals surface area contributed by atoms with Crippen molar-refractivity contribution >= 4 is 28.4 Å². The predicted molar refractivity (Wildman–Crippen MR) is 110 cm³/mol. The van der Waals surface area contributed by atoms with Crippen LogP contribution in [0.1, 0.15) is 29.8 Å². The first kappa shape index (κ1) is 20.3. The average Bonchev–Trinajstić information content (AvgIpc) is 3.15. The van der Waals surface area contributed by atoms with Crippen LogP contribution < -0.4 is 5.32 Å². The molecule has 1 aromatic heterocycles. The zero-order valence-electron chi connectivity index (χ0n) is 16.4. The van der Waals surface area contributed by atoms with E-state index in [1.807, 2.05) is 6.07 Å². The van der Waals surface area contributed by atoms with Gasteiger partial charge in [-0.25, -0.2) is 4.79 Å². The van der Waals surface area contributed by atoms with Gasteiger partial charge in [-0.2, -0.15) is 0 Å². The Labute approximate surface area is 169 Å². The standard InChI is InChI=1S/C20H27N5O2S/c1-24(2)20(27)25-13-11-16(12-14-25)18(26)21-19-23-22-17(28-19)10-6-9-15-7-4-3-5-8-15/h3-5,7-8,16H,6,9-14H2,1-2H3,(H,21,23,26). The first-order valence-electron chi connectivity index (χ1n) is 9.66. The van der Waals surface area contributed by atoms with E-state index < -0.39 is 0 Å². The fourth-order valence-electron chi connectivity index (χ4n) is 3.32. The maximum Gasteiger partial charge on any atom is 0.319 e. The van der Waals surface area contributed by atoms with Crippen LogP contribution in [0.15, 0.2) is 30.3 Å². The summed E-state index contributed by atoms with van der Waals surface area (Å²) in [6.07, 6.45) is 4.22. The first-order chi connectivity index (χ1) is 13.5. The van der Waals surface area contributed by atoms with Gasteiger partial charge in [0, 0.05) is 39.5 Å². The molecule has 0 spiro atoms. The van der Waals surface area contributed by atoms with E-state index in [0.29, 0.717) is 31.1 Å². The Morgan fingerprint density at radius 2 is 1.86 bits per heavy atom. The molecule has 0 aliphatic carbocycles. The van der Waals surface area contributed by atoms with E-state index in [1.165, 1.54) is 16.9 Å². The molecular weight excluding hydrogens is 374 g/mol. The molecule has 3 rings (SSSR count). The molecule has 2 aromatic rings. The van der Waals surface area contributed by atoms with Gasteiger partial charge >= 0.3 is 6.03 Å². The van der Waals surface area contributed by atoms with Crippen LogP contribution in [0, 0.1) is 5.92 Å². The van der Waals surface area contributed by atoms with E-state index in [4.69, 9.17) is 0 Å². The van der Waals surface area contributed by atoms with Gasteiger partial charge in [0.1, 0.15) is 5.01 Å². The SMILES string of the molecule is CN(C)C(=O)N1CCC(C(=O)Nc2nnc(CCCc3ccccc3)s2)CC1. The van der Waals surface area contributed by atoms with Gasteiger partial charge < -0.3 is 15.1 Å². The molecule has 1 aliphatic rings. The highest BCUT2D eigenvalue weighted by Gasteiger charge is 2.28. The van der Waals surface area contributed by atoms with Crippen LogP contribution in [0.25, 0.3) is 0 Å². The maximum atomic E-state index is 12.5. The lowest BCUT2D eigenvalue weighted by Crippen LogP contribution is -2.45. The first-order valence-corrected chi connectivity index (χ1v) is 10.5. The maximum absolute atomic E-state index is 12.5. The number of carbonyl (C=O) groups excluding carboxylic acids is 2. The molecule has 150 valence electrons. The number of benzene rings is 1. The van der Waals surface area contributed by atoms with Crippen LogP contribution in [0.2, 0.25) is 0 Å². The molecule has 0 bridgehead atoms. The highest BCUT2D eigenvalue weighted by atomic mass is 32.1. The van der Waals surface area contributed by atoms with Crippen LogP contribution >= 0.6 is 11.3 Å². The van der Waals surface area contributed by atoms with Gasteiger partial charge in [-0.3, -0.25) is 4.79 Å². The number of nitrogens with zero attached hydrogens (tertiary/aromatic N) is 4. The fraction of sp³-hybridized carbons (Fsp3) is 0.500. The van der Waals surface area contributed by atoms with Crippen molar-refractivity contribution in [3.63, 3.8) is 0 Å². The Morgan fingerprint density at radius 3 is 2.54 bits per heavy atom. The topological polar surface area (TPSA) is 78.4 Å². The number of rotatable bonds is 6. The molecule has 0 radical (unpaired) electrons. The summed E-state index contributed by atoms with van der Waals surface area (Å²) in [6, 6.07) is 10.4. The number of amides is 3. The summed E-state index contributed by atoms with van der Waals surface area (Å²) in [4.78, 5) is 27.8. The second kappa shape index (κ2) is 9.64. The third kappa shape index (κ3) is 5.51. The Kier molecular flexibility index (Phi) is 6.97. The number of aryl methyl sites for hydroxylation is 2. The number of hydrogen-bond donors (Lipinski definition) is 1. The zero-order chi connectivity index (χ0) is 19.9. The third-order valence-corrected chi connectivity index (χ3v) is 5.81. The minimum Gasteiger partial charge on any atom is -0.331 e. The fourth-order valence-corrected chi connectivity index (χ4v) is 4.10. The van der Waals surface area contributed by atoms with Crippen LogP contribution in [-0.2, 0) is 17.6 Å². The summed E-state index contributed by atoms with van der Waals surface area (Å²) in [7, 11) is 3.49. The minimum absolute atomic E-state index is 0.00289. The molecule has 2 heterocycles. The van der Waals surface area contributed by atoms with E-state index in [1.54, 1.807) is 23.9 Å². The van der Waals surface area contributed by atoms with Crippen LogP contribution in [-0.4, -0.2) is 59.1 Å². The number of hydrogen-bond acceptors (Lipinski definition) is 5. The lowest BCUT2D eigenvalue weighted by Gasteiger charge is -2.32. The van der Waals surface area contributed by atoms with E-state index in [-0.39, 0.29) is 17.9 Å². The molecular formula is C20H27N5O2S. The van der Waals surface area contributed by atoms with Gasteiger partial charge in [-0.05, 0) is 31.2 Å². The third-order valence-electron chi connectivity index (χ3n) is 4.91. The monoisotopic (exact) mass is 401 g/mol. The molecule has 1 saturated heterocycles. The van der Waals surface area contributed by atoms with Gasteiger partial charge in [-0.15, -0.1) is 10.2 Å². The van der Waals surface area contributed by atoms with Crippen molar-refractivity contribution in [3.8, 4) is 0 Å². The van der Waals surface area contributed by atoms with Crippen LogP contribution in [0.3, 0.4) is 0 Å². The second-order valence-electron chi connectivity index (χ2n) is 7.27. The summed E-state index contributed by atoms with van der Waals surface area (Å²) in [6.45, 7) is 1.21. The molecule has 7 nitrogen and oxygen atoms in total. The normalized spacial score (nSPS) is 14.7. The van der Waals surface area contributed by atoms with E-state index in [2.05, 4.69) is 39.8 Å². The molecule has 0 atom stereocenters. The number of aromatic nitrogens is 2. The number of piperidine rings is 1. The lowest BCUT2D eigenvalue weighted by atomic mass is 9.96. The van der Waals surface area contributed by atoms with Crippen molar-refractivity contribution < 1.29 is 9.59 Å². The Hall–Kier alpha value is -2.48. The average molecular weight is 402 g/mol. The van der Waals surface area contributed by atoms with Gasteiger partial charge in [0.25, 0.3) is 0 Å². The highest BCUT2D eigenvalue weighted by molar-refractivity contribution is 7.15. The Bertz CT molecular complexity index is 785. The molecule has 28 heavy (non-hydrogen) atoms. The van der Waals surface area contributed by atoms with Gasteiger partial charge in [0.2, 0.25) is 11.0 Å². The van der Waals surface area contributed by atoms with E-state index in [9.17, 15) is 9.59 Å². The van der Waals surface area contributed by atoms with Gasteiger partial charge in [-0.1, -0.05) is 41.7 Å². The summed E-state index contributed by atoms with van der Waals surface area (Å²) in [5.74, 6) is -0.111. The Balaban J connectivity index is 1.42. The van der Waals surface area contributed by atoms with Crippen molar-refractivity contribution in [1.82, 2.24) is 20.0 Å². The van der Waals surface area contributed by atoms with Crippen molar-refractivity contribution in [1.29, 1.82) is 0 Å². The summed E-state index contributed by atoms with van der Waals surface area (Å²) >= 11 is 1.44. The summed E-state index contributed by atoms with van der Waals surface area (Å²) in [5.41, 5.74) is 1.32. The largest absolute Gasteiger partial charge is 0.331 e. The predicted octanol–water partition coefficient (Wildman–Crippen LogP) is 3.05. The molecule has 0 unspecified atom stereocenters. The number of urea groups is 1. The second-order valence-corrected chi connectivity index (χ2v) is 8.33. The molecule has 1 aliphatic heterocycles. The quantitative estimate of drug-likeness (QED) is 0.807.